The fourth-order valence-corrected chi connectivity index (χ4v) is 1.78. The average Bonchev–Trinajstić information content (AvgIpc) is 2.96. The average molecular weight is 240 g/mol. The second-order valence-corrected chi connectivity index (χ2v) is 4.57. The number of nitrogens with two attached hydrogens (primary N) is 1. The molecule has 1 aromatic rings. The van der Waals surface area contributed by atoms with Crippen LogP contribution in [0.2, 0.25) is 0 Å². The van der Waals surface area contributed by atoms with Crippen LogP contribution in [0.15, 0.2) is 18.2 Å². The van der Waals surface area contributed by atoms with Crippen molar-refractivity contribution in [3.8, 4) is 5.75 Å². The Morgan fingerprint density at radius 2 is 2.12 bits per heavy atom. The Balaban J connectivity index is 1.96. The SMILES string of the molecule is N=C(N)CC1(COc2ccc(F)cc2F)CC1. The lowest BCUT2D eigenvalue weighted by Crippen LogP contribution is -2.22. The third-order valence-corrected chi connectivity index (χ3v) is 2.95. The number of hydrogen-bond donors (Lipinski definition) is 2. The monoisotopic (exact) mass is 240 g/mol. The van der Waals surface area contributed by atoms with E-state index in [0.29, 0.717) is 13.0 Å². The zero-order valence-electron chi connectivity index (χ0n) is 9.30. The summed E-state index contributed by atoms with van der Waals surface area (Å²) in [4.78, 5) is 0. The van der Waals surface area contributed by atoms with Crippen molar-refractivity contribution in [2.45, 2.75) is 19.3 Å². The normalized spacial score (nSPS) is 16.6. The molecule has 17 heavy (non-hydrogen) atoms. The molecule has 0 aliphatic heterocycles. The molecule has 92 valence electrons. The zero-order valence-corrected chi connectivity index (χ0v) is 9.30. The van der Waals surface area contributed by atoms with Gasteiger partial charge in [-0.25, -0.2) is 8.78 Å². The van der Waals surface area contributed by atoms with Gasteiger partial charge in [0.2, 0.25) is 0 Å². The summed E-state index contributed by atoms with van der Waals surface area (Å²) < 4.78 is 31.3. The van der Waals surface area contributed by atoms with Gasteiger partial charge in [0.05, 0.1) is 12.4 Å². The minimum absolute atomic E-state index is 0.0428. The smallest absolute Gasteiger partial charge is 0.167 e. The lowest BCUT2D eigenvalue weighted by Gasteiger charge is -2.15. The molecule has 1 fully saturated rings. The molecule has 0 bridgehead atoms. The van der Waals surface area contributed by atoms with Crippen molar-refractivity contribution >= 4 is 5.84 Å². The molecule has 0 amide bonds. The minimum Gasteiger partial charge on any atom is -0.490 e. The summed E-state index contributed by atoms with van der Waals surface area (Å²) in [6.45, 7) is 0.315. The topological polar surface area (TPSA) is 59.1 Å². The van der Waals surface area contributed by atoms with E-state index in [1.54, 1.807) is 0 Å². The first-order valence-electron chi connectivity index (χ1n) is 5.42. The van der Waals surface area contributed by atoms with Crippen LogP contribution in [0.5, 0.6) is 5.75 Å². The highest BCUT2D eigenvalue weighted by molar-refractivity contribution is 5.78. The fourth-order valence-electron chi connectivity index (χ4n) is 1.78. The van der Waals surface area contributed by atoms with Crippen molar-refractivity contribution in [2.24, 2.45) is 11.1 Å². The Morgan fingerprint density at radius 3 is 2.65 bits per heavy atom. The van der Waals surface area contributed by atoms with E-state index in [2.05, 4.69) is 0 Å². The molecule has 3 N–H and O–H groups in total. The number of amidine groups is 1. The highest BCUT2D eigenvalue weighted by atomic mass is 19.1. The van der Waals surface area contributed by atoms with Crippen molar-refractivity contribution in [3.05, 3.63) is 29.8 Å². The molecule has 0 radical (unpaired) electrons. The van der Waals surface area contributed by atoms with Gasteiger partial charge in [0.25, 0.3) is 0 Å². The number of hydrogen-bond acceptors (Lipinski definition) is 2. The van der Waals surface area contributed by atoms with E-state index in [1.807, 2.05) is 0 Å². The van der Waals surface area contributed by atoms with Crippen LogP contribution in [-0.4, -0.2) is 12.4 Å². The van der Waals surface area contributed by atoms with Gasteiger partial charge in [-0.15, -0.1) is 0 Å². The van der Waals surface area contributed by atoms with Crippen molar-refractivity contribution in [2.75, 3.05) is 6.61 Å². The van der Waals surface area contributed by atoms with E-state index in [-0.39, 0.29) is 17.0 Å². The molecule has 1 aliphatic carbocycles. The summed E-state index contributed by atoms with van der Waals surface area (Å²) in [5.74, 6) is -1.17. The molecule has 3 nitrogen and oxygen atoms in total. The van der Waals surface area contributed by atoms with E-state index in [1.165, 1.54) is 6.07 Å². The van der Waals surface area contributed by atoms with Gasteiger partial charge in [-0.05, 0) is 25.0 Å². The molecule has 1 aliphatic rings. The molecule has 5 heteroatoms. The van der Waals surface area contributed by atoms with Crippen LogP contribution in [-0.2, 0) is 0 Å². The van der Waals surface area contributed by atoms with Crippen LogP contribution in [0.4, 0.5) is 8.78 Å². The lowest BCUT2D eigenvalue weighted by molar-refractivity contribution is 0.229. The Labute approximate surface area is 98.1 Å². The molecular formula is C12H14F2N2O. The first-order chi connectivity index (χ1) is 8.01. The third-order valence-electron chi connectivity index (χ3n) is 2.95. The minimum atomic E-state index is -0.705. The van der Waals surface area contributed by atoms with Crippen molar-refractivity contribution in [3.63, 3.8) is 0 Å². The van der Waals surface area contributed by atoms with Crippen LogP contribution in [0.3, 0.4) is 0 Å². The molecular weight excluding hydrogens is 226 g/mol. The van der Waals surface area contributed by atoms with Gasteiger partial charge in [-0.3, -0.25) is 5.41 Å². The summed E-state index contributed by atoms with van der Waals surface area (Å²) in [5, 5.41) is 7.24. The summed E-state index contributed by atoms with van der Waals surface area (Å²) in [6, 6.07) is 3.22. The summed E-state index contributed by atoms with van der Waals surface area (Å²) in [6.07, 6.45) is 2.32. The maximum absolute atomic E-state index is 13.3. The molecule has 1 saturated carbocycles. The van der Waals surface area contributed by atoms with E-state index in [0.717, 1.165) is 25.0 Å². The molecule has 0 aromatic heterocycles. The van der Waals surface area contributed by atoms with Gasteiger partial charge in [0.1, 0.15) is 5.82 Å². The highest BCUT2D eigenvalue weighted by Crippen LogP contribution is 2.48. The van der Waals surface area contributed by atoms with Crippen LogP contribution in [0, 0.1) is 22.5 Å². The van der Waals surface area contributed by atoms with Crippen molar-refractivity contribution in [1.82, 2.24) is 0 Å². The Kier molecular flexibility index (Phi) is 3.00. The zero-order chi connectivity index (χ0) is 12.5. The number of nitrogens with one attached hydrogen (secondary N) is 1. The number of benzene rings is 1. The summed E-state index contributed by atoms with van der Waals surface area (Å²) in [5.41, 5.74) is 5.22. The van der Waals surface area contributed by atoms with Gasteiger partial charge in [-0.1, -0.05) is 0 Å². The second-order valence-electron chi connectivity index (χ2n) is 4.57. The van der Waals surface area contributed by atoms with Gasteiger partial charge in [0, 0.05) is 17.9 Å². The molecule has 0 spiro atoms. The van der Waals surface area contributed by atoms with Gasteiger partial charge < -0.3 is 10.5 Å². The van der Waals surface area contributed by atoms with Crippen LogP contribution >= 0.6 is 0 Å². The standard InChI is InChI=1S/C12H14F2N2O/c13-8-1-2-10(9(14)5-8)17-7-12(3-4-12)6-11(15)16/h1-2,5H,3-4,6-7H2,(H3,15,16). The van der Waals surface area contributed by atoms with E-state index >= 15 is 0 Å². The third kappa shape index (κ3) is 2.93. The molecule has 0 saturated heterocycles. The second kappa shape index (κ2) is 4.31. The van der Waals surface area contributed by atoms with Crippen molar-refractivity contribution < 1.29 is 13.5 Å². The largest absolute Gasteiger partial charge is 0.490 e. The van der Waals surface area contributed by atoms with Crippen molar-refractivity contribution in [1.29, 1.82) is 5.41 Å². The Morgan fingerprint density at radius 1 is 1.41 bits per heavy atom. The van der Waals surface area contributed by atoms with Crippen LogP contribution in [0.25, 0.3) is 0 Å². The molecule has 2 rings (SSSR count). The van der Waals surface area contributed by atoms with Crippen LogP contribution < -0.4 is 10.5 Å². The van der Waals surface area contributed by atoms with Gasteiger partial charge in [0.15, 0.2) is 11.6 Å². The predicted octanol–water partition coefficient (Wildman–Crippen LogP) is 2.45. The quantitative estimate of drug-likeness (QED) is 0.613. The first-order valence-corrected chi connectivity index (χ1v) is 5.42. The molecule has 0 unspecified atom stereocenters. The number of ether oxygens (including phenoxy) is 1. The summed E-state index contributed by atoms with van der Waals surface area (Å²) >= 11 is 0. The number of rotatable bonds is 5. The Hall–Kier alpha value is -1.65. The summed E-state index contributed by atoms with van der Waals surface area (Å²) in [7, 11) is 0. The van der Waals surface area contributed by atoms with E-state index in [9.17, 15) is 8.78 Å². The first kappa shape index (κ1) is 11.8. The fraction of sp³-hybridized carbons (Fsp3) is 0.417. The lowest BCUT2D eigenvalue weighted by atomic mass is 10.0. The molecule has 0 heterocycles. The maximum atomic E-state index is 13.3. The van der Waals surface area contributed by atoms with Gasteiger partial charge >= 0.3 is 0 Å². The van der Waals surface area contributed by atoms with E-state index < -0.39 is 11.6 Å². The Bertz CT molecular complexity index is 444. The van der Waals surface area contributed by atoms with E-state index in [4.69, 9.17) is 15.9 Å². The van der Waals surface area contributed by atoms with Crippen LogP contribution in [0.1, 0.15) is 19.3 Å². The highest BCUT2D eigenvalue weighted by Gasteiger charge is 2.44. The molecule has 0 atom stereocenters. The van der Waals surface area contributed by atoms with Gasteiger partial charge in [-0.2, -0.15) is 0 Å². The molecule has 1 aromatic carbocycles. The maximum Gasteiger partial charge on any atom is 0.167 e. The number of halogens is 2. The predicted molar refractivity (Wildman–Crippen MR) is 60.1 cm³/mol.